The second-order valence-corrected chi connectivity index (χ2v) is 5.17. The maximum absolute atomic E-state index is 9.88. The highest BCUT2D eigenvalue weighted by Gasteiger charge is 2.39. The number of aryl methyl sites for hydroxylation is 1. The normalized spacial score (nSPS) is 16.8. The first-order valence-electron chi connectivity index (χ1n) is 6.17. The van der Waals surface area contributed by atoms with Gasteiger partial charge in [0, 0.05) is 19.0 Å². The minimum absolute atomic E-state index is 0.436. The van der Waals surface area contributed by atoms with Crippen LogP contribution in [0.2, 0.25) is 0 Å². The van der Waals surface area contributed by atoms with Gasteiger partial charge in [0.25, 0.3) is 0 Å². The van der Waals surface area contributed by atoms with Gasteiger partial charge in [0.15, 0.2) is 0 Å². The van der Waals surface area contributed by atoms with Crippen LogP contribution in [0.5, 0.6) is 0 Å². The van der Waals surface area contributed by atoms with Crippen LogP contribution >= 0.6 is 0 Å². The van der Waals surface area contributed by atoms with Crippen molar-refractivity contribution in [2.24, 2.45) is 7.05 Å². The molecule has 3 N–H and O–H groups in total. The molecule has 1 aliphatic rings. The molecule has 0 spiro atoms. The van der Waals surface area contributed by atoms with Crippen LogP contribution in [0.3, 0.4) is 0 Å². The lowest BCUT2D eigenvalue weighted by Gasteiger charge is -2.08. The van der Waals surface area contributed by atoms with Gasteiger partial charge in [0.2, 0.25) is 0 Å². The number of hydrogen-bond donors (Lipinski definition) is 2. The van der Waals surface area contributed by atoms with E-state index in [0.717, 1.165) is 30.4 Å². The maximum Gasteiger partial charge on any atom is 0.129 e. The first-order valence-corrected chi connectivity index (χ1v) is 6.17. The van der Waals surface area contributed by atoms with E-state index in [9.17, 15) is 5.11 Å². The molecule has 2 aromatic rings. The lowest BCUT2D eigenvalue weighted by Crippen LogP contribution is -2.10. The molecule has 1 aliphatic carbocycles. The Bertz CT molecular complexity index is 567. The summed E-state index contributed by atoms with van der Waals surface area (Å²) < 4.78 is 1.66. The molecule has 1 aromatic carbocycles. The van der Waals surface area contributed by atoms with Gasteiger partial charge in [-0.3, -0.25) is 4.68 Å². The molecule has 0 bridgehead atoms. The summed E-state index contributed by atoms with van der Waals surface area (Å²) in [4.78, 5) is 0. The molecule has 0 amide bonds. The predicted molar refractivity (Wildman–Crippen MR) is 70.9 cm³/mol. The molecule has 0 saturated heterocycles. The Morgan fingerprint density at radius 1 is 1.33 bits per heavy atom. The summed E-state index contributed by atoms with van der Waals surface area (Å²) in [6.07, 6.45) is 4.36. The molecule has 1 fully saturated rings. The van der Waals surface area contributed by atoms with Crippen molar-refractivity contribution in [2.45, 2.75) is 24.9 Å². The van der Waals surface area contributed by atoms with Crippen molar-refractivity contribution >= 4 is 5.82 Å². The van der Waals surface area contributed by atoms with Crippen molar-refractivity contribution in [2.75, 3.05) is 5.73 Å². The van der Waals surface area contributed by atoms with Gasteiger partial charge in [0.05, 0.1) is 11.8 Å². The molecule has 0 unspecified atom stereocenters. The van der Waals surface area contributed by atoms with Gasteiger partial charge in [0.1, 0.15) is 5.82 Å². The van der Waals surface area contributed by atoms with Gasteiger partial charge in [-0.25, -0.2) is 0 Å². The van der Waals surface area contributed by atoms with Gasteiger partial charge >= 0.3 is 0 Å². The lowest BCUT2D eigenvalue weighted by atomic mass is 10.0. The number of benzene rings is 1. The topological polar surface area (TPSA) is 64.1 Å². The fraction of sp³-hybridized carbons (Fsp3) is 0.357. The number of nitrogens with zero attached hydrogens (tertiary/aromatic N) is 2. The van der Waals surface area contributed by atoms with E-state index in [1.54, 1.807) is 10.9 Å². The van der Waals surface area contributed by atoms with Crippen LogP contribution in [0, 0.1) is 0 Å². The van der Waals surface area contributed by atoms with Gasteiger partial charge < -0.3 is 10.8 Å². The zero-order valence-electron chi connectivity index (χ0n) is 10.4. The van der Waals surface area contributed by atoms with E-state index >= 15 is 0 Å². The molecule has 1 heterocycles. The summed E-state index contributed by atoms with van der Waals surface area (Å²) in [6.45, 7) is 0. The molecule has 4 heteroatoms. The van der Waals surface area contributed by atoms with E-state index in [-0.39, 0.29) is 0 Å². The first kappa shape index (κ1) is 11.3. The van der Waals surface area contributed by atoms with E-state index in [4.69, 9.17) is 5.73 Å². The lowest BCUT2D eigenvalue weighted by molar-refractivity contribution is 0.151. The van der Waals surface area contributed by atoms with Gasteiger partial charge in [-0.05, 0) is 24.0 Å². The monoisotopic (exact) mass is 243 g/mol. The average molecular weight is 243 g/mol. The molecule has 0 atom stereocenters. The predicted octanol–water partition coefficient (Wildman–Crippen LogP) is 1.74. The number of nitrogen functional groups attached to an aromatic ring is 1. The van der Waals surface area contributed by atoms with Crippen LogP contribution in [-0.2, 0) is 13.5 Å². The van der Waals surface area contributed by atoms with E-state index in [1.165, 1.54) is 5.56 Å². The molecule has 0 radical (unpaired) electrons. The van der Waals surface area contributed by atoms with Crippen molar-refractivity contribution in [3.63, 3.8) is 0 Å². The van der Waals surface area contributed by atoms with Crippen molar-refractivity contribution in [1.29, 1.82) is 0 Å². The van der Waals surface area contributed by atoms with E-state index < -0.39 is 5.60 Å². The molecule has 94 valence electrons. The number of anilines is 1. The third-order valence-corrected chi connectivity index (χ3v) is 3.61. The van der Waals surface area contributed by atoms with Gasteiger partial charge in [-0.15, -0.1) is 0 Å². The largest absolute Gasteiger partial charge is 0.390 e. The van der Waals surface area contributed by atoms with E-state index in [1.807, 2.05) is 19.2 Å². The highest BCUT2D eigenvalue weighted by Crippen LogP contribution is 2.38. The number of hydrogen-bond acceptors (Lipinski definition) is 3. The molecule has 18 heavy (non-hydrogen) atoms. The molecule has 1 saturated carbocycles. The Labute approximate surface area is 106 Å². The van der Waals surface area contributed by atoms with Gasteiger partial charge in [-0.1, -0.05) is 24.3 Å². The Morgan fingerprint density at radius 2 is 2.00 bits per heavy atom. The summed E-state index contributed by atoms with van der Waals surface area (Å²) in [5, 5.41) is 14.0. The second-order valence-electron chi connectivity index (χ2n) is 5.17. The molecule has 4 nitrogen and oxygen atoms in total. The molecule has 0 aliphatic heterocycles. The molecule has 1 aromatic heterocycles. The molecule has 3 rings (SSSR count). The van der Waals surface area contributed by atoms with Crippen molar-refractivity contribution in [1.82, 2.24) is 9.78 Å². The Balaban J connectivity index is 1.84. The third kappa shape index (κ3) is 1.99. The number of nitrogens with two attached hydrogens (primary N) is 1. The van der Waals surface area contributed by atoms with E-state index in [0.29, 0.717) is 5.82 Å². The zero-order valence-corrected chi connectivity index (χ0v) is 10.4. The third-order valence-electron chi connectivity index (χ3n) is 3.61. The Hall–Kier alpha value is -1.81. The summed E-state index contributed by atoms with van der Waals surface area (Å²) in [7, 11) is 1.83. The smallest absolute Gasteiger partial charge is 0.129 e. The highest BCUT2D eigenvalue weighted by atomic mass is 16.3. The van der Waals surface area contributed by atoms with Crippen LogP contribution in [0.15, 0.2) is 30.5 Å². The minimum Gasteiger partial charge on any atom is -0.390 e. The SMILES string of the molecule is Cn1ncc(-c2ccc(CC3(O)CC3)cc2)c1N. The number of aromatic nitrogens is 2. The van der Waals surface area contributed by atoms with E-state index in [2.05, 4.69) is 17.2 Å². The fourth-order valence-electron chi connectivity index (χ4n) is 2.17. The summed E-state index contributed by atoms with van der Waals surface area (Å²) in [5.41, 5.74) is 8.69. The fourth-order valence-corrected chi connectivity index (χ4v) is 2.17. The minimum atomic E-state index is -0.436. The summed E-state index contributed by atoms with van der Waals surface area (Å²) >= 11 is 0. The average Bonchev–Trinajstić information content (AvgIpc) is 2.99. The first-order chi connectivity index (χ1) is 8.57. The number of aliphatic hydroxyl groups is 1. The Kier molecular flexibility index (Phi) is 2.41. The summed E-state index contributed by atoms with van der Waals surface area (Å²) in [5.74, 6) is 0.670. The van der Waals surface area contributed by atoms with Crippen LogP contribution in [0.4, 0.5) is 5.82 Å². The van der Waals surface area contributed by atoms with Crippen LogP contribution in [0.25, 0.3) is 11.1 Å². The van der Waals surface area contributed by atoms with Crippen LogP contribution in [-0.4, -0.2) is 20.5 Å². The Morgan fingerprint density at radius 3 is 2.50 bits per heavy atom. The standard InChI is InChI=1S/C14H17N3O/c1-17-13(15)12(9-16-17)11-4-2-10(3-5-11)8-14(18)6-7-14/h2-5,9,18H,6-8,15H2,1H3. The maximum atomic E-state index is 9.88. The molecular weight excluding hydrogens is 226 g/mol. The molecular formula is C14H17N3O. The van der Waals surface area contributed by atoms with Crippen molar-refractivity contribution < 1.29 is 5.11 Å². The van der Waals surface area contributed by atoms with Crippen molar-refractivity contribution in [3.05, 3.63) is 36.0 Å². The zero-order chi connectivity index (χ0) is 12.8. The van der Waals surface area contributed by atoms with Crippen LogP contribution < -0.4 is 5.73 Å². The second kappa shape index (κ2) is 3.85. The van der Waals surface area contributed by atoms with Crippen LogP contribution in [0.1, 0.15) is 18.4 Å². The van der Waals surface area contributed by atoms with Crippen molar-refractivity contribution in [3.8, 4) is 11.1 Å². The highest BCUT2D eigenvalue weighted by molar-refractivity contribution is 5.73. The van der Waals surface area contributed by atoms with Gasteiger partial charge in [-0.2, -0.15) is 5.10 Å². The number of rotatable bonds is 3. The summed E-state index contributed by atoms with van der Waals surface area (Å²) in [6, 6.07) is 8.18. The quantitative estimate of drug-likeness (QED) is 0.863.